The Balaban J connectivity index is 2.13. The third-order valence-corrected chi connectivity index (χ3v) is 4.84. The Labute approximate surface area is 132 Å². The van der Waals surface area contributed by atoms with E-state index in [4.69, 9.17) is 11.6 Å². The summed E-state index contributed by atoms with van der Waals surface area (Å²) in [6.45, 7) is 1.97. The van der Waals surface area contributed by atoms with Gasteiger partial charge in [-0.3, -0.25) is 4.68 Å². The molecule has 0 amide bonds. The molecule has 2 aromatic rings. The van der Waals surface area contributed by atoms with Crippen molar-refractivity contribution in [3.05, 3.63) is 51.5 Å². The molecule has 0 radical (unpaired) electrons. The first kappa shape index (κ1) is 15.5. The van der Waals surface area contributed by atoms with Gasteiger partial charge < -0.3 is 0 Å². The van der Waals surface area contributed by atoms with Gasteiger partial charge in [0.25, 0.3) is 0 Å². The molecule has 1 atom stereocenters. The highest BCUT2D eigenvalue weighted by Crippen LogP contribution is 2.25. The van der Waals surface area contributed by atoms with Crippen LogP contribution in [0.4, 0.5) is 4.39 Å². The zero-order valence-electron chi connectivity index (χ0n) is 11.5. The number of hydrogen-bond acceptors (Lipinski definition) is 1. The van der Waals surface area contributed by atoms with Gasteiger partial charge in [-0.1, -0.05) is 12.1 Å². The van der Waals surface area contributed by atoms with Crippen LogP contribution in [0.25, 0.3) is 0 Å². The summed E-state index contributed by atoms with van der Waals surface area (Å²) in [6.07, 6.45) is 1.58. The molecule has 0 bridgehead atoms. The molecule has 108 valence electrons. The molecule has 0 aliphatic rings. The van der Waals surface area contributed by atoms with Crippen LogP contribution in [0.2, 0.25) is 0 Å². The smallest absolute Gasteiger partial charge is 0.123 e. The number of halogens is 3. The Morgan fingerprint density at radius 3 is 2.70 bits per heavy atom. The number of rotatable bonds is 5. The van der Waals surface area contributed by atoms with Crippen LogP contribution >= 0.6 is 27.5 Å². The average Bonchev–Trinajstić information content (AvgIpc) is 2.64. The monoisotopic (exact) mass is 358 g/mol. The van der Waals surface area contributed by atoms with E-state index in [0.717, 1.165) is 34.3 Å². The summed E-state index contributed by atoms with van der Waals surface area (Å²) in [7, 11) is 1.93. The number of nitrogens with zero attached hydrogens (tertiary/aromatic N) is 2. The molecule has 0 fully saturated rings. The summed E-state index contributed by atoms with van der Waals surface area (Å²) in [5.41, 5.74) is 3.08. The molecule has 5 heteroatoms. The van der Waals surface area contributed by atoms with Gasteiger partial charge in [0.05, 0.1) is 15.9 Å². The minimum atomic E-state index is -0.201. The van der Waals surface area contributed by atoms with Crippen LogP contribution in [-0.2, 0) is 19.9 Å². The molecule has 1 heterocycles. The second-order valence-corrected chi connectivity index (χ2v) is 6.13. The van der Waals surface area contributed by atoms with Crippen LogP contribution in [0.3, 0.4) is 0 Å². The fourth-order valence-electron chi connectivity index (χ4n) is 2.35. The highest BCUT2D eigenvalue weighted by atomic mass is 79.9. The minimum absolute atomic E-state index is 0.201. The Morgan fingerprint density at radius 1 is 1.40 bits per heavy atom. The van der Waals surface area contributed by atoms with E-state index in [1.54, 1.807) is 12.1 Å². The van der Waals surface area contributed by atoms with Gasteiger partial charge in [-0.2, -0.15) is 5.10 Å². The summed E-state index contributed by atoms with van der Waals surface area (Å²) in [4.78, 5) is 0. The van der Waals surface area contributed by atoms with E-state index in [2.05, 4.69) is 21.0 Å². The predicted octanol–water partition coefficient (Wildman–Crippen LogP) is 4.27. The lowest BCUT2D eigenvalue weighted by Gasteiger charge is -2.14. The third-order valence-electron chi connectivity index (χ3n) is 3.38. The molecule has 20 heavy (non-hydrogen) atoms. The van der Waals surface area contributed by atoms with Crippen molar-refractivity contribution in [3.63, 3.8) is 0 Å². The summed E-state index contributed by atoms with van der Waals surface area (Å²) < 4.78 is 16.1. The van der Waals surface area contributed by atoms with Gasteiger partial charge in [0.1, 0.15) is 5.82 Å². The summed E-state index contributed by atoms with van der Waals surface area (Å²) in [5.74, 6) is 0.589. The van der Waals surface area contributed by atoms with Gasteiger partial charge in [-0.25, -0.2) is 4.39 Å². The molecule has 0 spiro atoms. The van der Waals surface area contributed by atoms with E-state index in [9.17, 15) is 4.39 Å². The van der Waals surface area contributed by atoms with Gasteiger partial charge in [0.2, 0.25) is 0 Å². The first-order chi connectivity index (χ1) is 9.51. The zero-order valence-corrected chi connectivity index (χ0v) is 13.9. The van der Waals surface area contributed by atoms with Crippen molar-refractivity contribution in [1.29, 1.82) is 0 Å². The fourth-order valence-corrected chi connectivity index (χ4v) is 3.07. The lowest BCUT2D eigenvalue weighted by molar-refractivity contribution is 0.546. The molecule has 0 aliphatic heterocycles. The molecule has 1 unspecified atom stereocenters. The quantitative estimate of drug-likeness (QED) is 0.729. The average molecular weight is 360 g/mol. The molecule has 2 nitrogen and oxygen atoms in total. The number of alkyl halides is 1. The number of aromatic nitrogens is 2. The first-order valence-corrected chi connectivity index (χ1v) is 7.82. The van der Waals surface area contributed by atoms with Crippen LogP contribution in [0, 0.1) is 18.7 Å². The Hall–Kier alpha value is -0.870. The molecule has 1 aromatic carbocycles. The lowest BCUT2D eigenvalue weighted by atomic mass is 9.96. The Morgan fingerprint density at radius 2 is 2.15 bits per heavy atom. The second-order valence-electron chi connectivity index (χ2n) is 5.03. The van der Waals surface area contributed by atoms with Gasteiger partial charge in [-0.05, 0) is 59.3 Å². The van der Waals surface area contributed by atoms with Crippen LogP contribution in [-0.4, -0.2) is 15.7 Å². The highest BCUT2D eigenvalue weighted by Gasteiger charge is 2.17. The van der Waals surface area contributed by atoms with Crippen LogP contribution in [0.15, 0.2) is 28.7 Å². The summed E-state index contributed by atoms with van der Waals surface area (Å²) >= 11 is 9.65. The van der Waals surface area contributed by atoms with E-state index in [0.29, 0.717) is 5.88 Å². The van der Waals surface area contributed by atoms with Crippen LogP contribution in [0.1, 0.15) is 17.0 Å². The summed E-state index contributed by atoms with van der Waals surface area (Å²) in [5, 5.41) is 4.39. The molecule has 1 aromatic heterocycles. The number of benzene rings is 1. The van der Waals surface area contributed by atoms with E-state index in [-0.39, 0.29) is 11.7 Å². The number of aryl methyl sites for hydroxylation is 2. The van der Waals surface area contributed by atoms with E-state index in [1.807, 2.05) is 24.7 Å². The van der Waals surface area contributed by atoms with E-state index < -0.39 is 0 Å². The molecule has 2 rings (SSSR count). The maximum Gasteiger partial charge on any atom is 0.123 e. The Kier molecular flexibility index (Phi) is 5.22. The van der Waals surface area contributed by atoms with Crippen molar-refractivity contribution >= 4 is 27.5 Å². The maximum absolute atomic E-state index is 13.2. The molecular formula is C15H17BrClFN2. The Bertz CT molecular complexity index is 598. The van der Waals surface area contributed by atoms with Gasteiger partial charge >= 0.3 is 0 Å². The normalized spacial score (nSPS) is 12.7. The summed E-state index contributed by atoms with van der Waals surface area (Å²) in [6, 6.07) is 6.70. The van der Waals surface area contributed by atoms with Crippen molar-refractivity contribution in [3.8, 4) is 0 Å². The van der Waals surface area contributed by atoms with Crippen molar-refractivity contribution in [2.24, 2.45) is 13.0 Å². The van der Waals surface area contributed by atoms with Crippen molar-refractivity contribution in [1.82, 2.24) is 9.78 Å². The first-order valence-electron chi connectivity index (χ1n) is 6.49. The maximum atomic E-state index is 13.2. The zero-order chi connectivity index (χ0) is 14.7. The molecular weight excluding hydrogens is 343 g/mol. The highest BCUT2D eigenvalue weighted by molar-refractivity contribution is 9.10. The van der Waals surface area contributed by atoms with Crippen molar-refractivity contribution < 1.29 is 4.39 Å². The van der Waals surface area contributed by atoms with Gasteiger partial charge in [-0.15, -0.1) is 11.6 Å². The third kappa shape index (κ3) is 3.61. The van der Waals surface area contributed by atoms with E-state index in [1.165, 1.54) is 6.07 Å². The number of hydrogen-bond donors (Lipinski definition) is 0. The predicted molar refractivity (Wildman–Crippen MR) is 83.7 cm³/mol. The van der Waals surface area contributed by atoms with Crippen LogP contribution in [0.5, 0.6) is 0 Å². The SMILES string of the molecule is Cc1nn(C)c(CC(CCl)Cc2cccc(F)c2)c1Br. The van der Waals surface area contributed by atoms with Gasteiger partial charge in [0, 0.05) is 12.9 Å². The van der Waals surface area contributed by atoms with Crippen molar-refractivity contribution in [2.75, 3.05) is 5.88 Å². The minimum Gasteiger partial charge on any atom is -0.271 e. The molecule has 0 saturated carbocycles. The van der Waals surface area contributed by atoms with E-state index >= 15 is 0 Å². The standard InChI is InChI=1S/C15H17BrClFN2/c1-10-15(16)14(20(2)19-10)8-12(9-17)6-11-4-3-5-13(18)7-11/h3-5,7,12H,6,8-9H2,1-2H3. The largest absolute Gasteiger partial charge is 0.271 e. The molecule has 0 aliphatic carbocycles. The molecule has 0 N–H and O–H groups in total. The van der Waals surface area contributed by atoms with Crippen molar-refractivity contribution in [2.45, 2.75) is 19.8 Å². The topological polar surface area (TPSA) is 17.8 Å². The van der Waals surface area contributed by atoms with Crippen LogP contribution < -0.4 is 0 Å². The second kappa shape index (κ2) is 6.72. The fraction of sp³-hybridized carbons (Fsp3) is 0.400. The van der Waals surface area contributed by atoms with Gasteiger partial charge in [0.15, 0.2) is 0 Å². The lowest BCUT2D eigenvalue weighted by Crippen LogP contribution is -2.13. The molecule has 0 saturated heterocycles.